The maximum atomic E-state index is 13.8. The first-order valence-electron chi connectivity index (χ1n) is 12.8. The maximum absolute atomic E-state index is 13.8. The molecule has 3 unspecified atom stereocenters. The lowest BCUT2D eigenvalue weighted by atomic mass is 9.85. The molecule has 10 heteroatoms. The maximum Gasteiger partial charge on any atom is 0.261 e. The highest BCUT2D eigenvalue weighted by atomic mass is 31.2. The molecule has 0 spiro atoms. The van der Waals surface area contributed by atoms with E-state index in [1.54, 1.807) is 36.4 Å². The number of amides is 4. The lowest BCUT2D eigenvalue weighted by Crippen LogP contribution is -2.55. The van der Waals surface area contributed by atoms with E-state index in [0.717, 1.165) is 10.3 Å². The number of benzene rings is 2. The van der Waals surface area contributed by atoms with Gasteiger partial charge in [0.15, 0.2) is 0 Å². The van der Waals surface area contributed by atoms with E-state index in [4.69, 9.17) is 0 Å². The van der Waals surface area contributed by atoms with Crippen LogP contribution in [0.25, 0.3) is 10.8 Å². The molecule has 1 aliphatic heterocycles. The number of imide groups is 1. The van der Waals surface area contributed by atoms with E-state index in [9.17, 15) is 28.6 Å². The Bertz CT molecular complexity index is 1260. The van der Waals surface area contributed by atoms with Crippen LogP contribution in [0, 0.1) is 17.3 Å². The van der Waals surface area contributed by atoms with Crippen molar-refractivity contribution in [3.8, 4) is 0 Å². The summed E-state index contributed by atoms with van der Waals surface area (Å²) in [5.41, 5.74) is -1.10. The molecule has 0 fully saturated rings. The molecule has 4 amide bonds. The van der Waals surface area contributed by atoms with Crippen molar-refractivity contribution in [1.82, 2.24) is 15.5 Å². The predicted octanol–water partition coefficient (Wildman–Crippen LogP) is 3.99. The minimum Gasteiger partial charge on any atom is -0.357 e. The van der Waals surface area contributed by atoms with Crippen molar-refractivity contribution < 1.29 is 28.6 Å². The van der Waals surface area contributed by atoms with Gasteiger partial charge in [0.05, 0.1) is 0 Å². The van der Waals surface area contributed by atoms with Crippen LogP contribution < -0.4 is 10.6 Å². The third-order valence-corrected chi connectivity index (χ3v) is 9.46. The first-order valence-corrected chi connectivity index (χ1v) is 14.7. The number of carbonyl (C=O) groups is 4. The summed E-state index contributed by atoms with van der Waals surface area (Å²) in [5, 5.41) is 6.61. The van der Waals surface area contributed by atoms with Crippen LogP contribution >= 0.6 is 7.37 Å². The minimum absolute atomic E-state index is 0.00372. The molecule has 3 rings (SSSR count). The van der Waals surface area contributed by atoms with Gasteiger partial charge in [-0.1, -0.05) is 65.8 Å². The molecule has 2 aromatic rings. The fourth-order valence-corrected chi connectivity index (χ4v) is 6.66. The van der Waals surface area contributed by atoms with Crippen LogP contribution in [0.15, 0.2) is 36.4 Å². The van der Waals surface area contributed by atoms with E-state index in [1.807, 2.05) is 34.6 Å². The Kier molecular flexibility index (Phi) is 8.54. The number of nitrogens with one attached hydrogen (secondary N) is 2. The lowest BCUT2D eigenvalue weighted by molar-refractivity contribution is -0.133. The summed E-state index contributed by atoms with van der Waals surface area (Å²) < 4.78 is 13.8. The van der Waals surface area contributed by atoms with Gasteiger partial charge in [-0.15, -0.1) is 0 Å². The molecule has 0 bridgehead atoms. The Labute approximate surface area is 223 Å². The van der Waals surface area contributed by atoms with Gasteiger partial charge in [0.1, 0.15) is 12.3 Å². The molecule has 0 saturated heterocycles. The van der Waals surface area contributed by atoms with Crippen LogP contribution in [0.2, 0.25) is 0 Å². The predicted molar refractivity (Wildman–Crippen MR) is 147 cm³/mol. The summed E-state index contributed by atoms with van der Waals surface area (Å²) in [6.07, 6.45) is -0.428. The molecule has 206 valence electrons. The number of hydrogen-bond acceptors (Lipinski definition) is 5. The van der Waals surface area contributed by atoms with Gasteiger partial charge in [0.2, 0.25) is 19.2 Å². The Morgan fingerprint density at radius 2 is 1.50 bits per heavy atom. The molecule has 3 N–H and O–H groups in total. The van der Waals surface area contributed by atoms with Crippen molar-refractivity contribution in [2.24, 2.45) is 17.3 Å². The molecule has 0 aliphatic carbocycles. The highest BCUT2D eigenvalue weighted by Gasteiger charge is 2.44. The van der Waals surface area contributed by atoms with Crippen molar-refractivity contribution in [2.75, 3.05) is 13.3 Å². The summed E-state index contributed by atoms with van der Waals surface area (Å²) in [6.45, 7) is 10.7. The van der Waals surface area contributed by atoms with E-state index in [-0.39, 0.29) is 18.2 Å². The third kappa shape index (κ3) is 5.84. The molecule has 4 atom stereocenters. The van der Waals surface area contributed by atoms with Crippen molar-refractivity contribution in [3.63, 3.8) is 0 Å². The fraction of sp³-hybridized carbons (Fsp3) is 0.500. The smallest absolute Gasteiger partial charge is 0.261 e. The van der Waals surface area contributed by atoms with Gasteiger partial charge in [0.25, 0.3) is 11.8 Å². The van der Waals surface area contributed by atoms with Gasteiger partial charge >= 0.3 is 0 Å². The topological polar surface area (TPSA) is 133 Å². The van der Waals surface area contributed by atoms with Gasteiger partial charge < -0.3 is 15.5 Å². The van der Waals surface area contributed by atoms with Crippen LogP contribution in [0.4, 0.5) is 0 Å². The first-order chi connectivity index (χ1) is 17.6. The first kappa shape index (κ1) is 29.5. The SMILES string of the molecule is CNC(=O)[C@@H](NC(=O)C(CC(C)C)C(C)P(=O)(O)CN1C(=O)c2cccc3cccc(c23)C1=O)C(C)(C)C. The zero-order valence-electron chi connectivity index (χ0n) is 23.1. The highest BCUT2D eigenvalue weighted by Crippen LogP contribution is 2.52. The standard InChI is InChI=1S/C28H38N3O6P/c1-16(2)14-21(24(32)30-23(25(33)29-7)28(4,5)6)17(3)38(36,37)15-31-26(34)19-12-8-10-18-11-9-13-20(22(18)19)27(31)35/h8-13,16-17,21,23H,14-15H2,1-7H3,(H,29,33)(H,30,32)(H,36,37)/t17?,21?,23-/m1/s1. The number of nitrogens with zero attached hydrogens (tertiary/aromatic N) is 1. The summed E-state index contributed by atoms with van der Waals surface area (Å²) in [7, 11) is -2.79. The van der Waals surface area contributed by atoms with Crippen molar-refractivity contribution in [3.05, 3.63) is 47.5 Å². The van der Waals surface area contributed by atoms with E-state index in [1.165, 1.54) is 14.0 Å². The molecule has 1 heterocycles. The van der Waals surface area contributed by atoms with Crippen LogP contribution in [-0.4, -0.2) is 58.5 Å². The second kappa shape index (κ2) is 11.0. The number of likely N-dealkylation sites (N-methyl/N-ethyl adjacent to an activating group) is 1. The zero-order chi connectivity index (χ0) is 28.6. The summed E-state index contributed by atoms with van der Waals surface area (Å²) >= 11 is 0. The Morgan fingerprint density at radius 3 is 1.95 bits per heavy atom. The summed E-state index contributed by atoms with van der Waals surface area (Å²) in [6, 6.07) is 9.35. The van der Waals surface area contributed by atoms with Crippen molar-refractivity contribution in [1.29, 1.82) is 0 Å². The number of rotatable bonds is 9. The monoisotopic (exact) mass is 543 g/mol. The Morgan fingerprint density at radius 1 is 0.974 bits per heavy atom. The quantitative estimate of drug-likeness (QED) is 0.324. The second-order valence-electron chi connectivity index (χ2n) is 11.5. The lowest BCUT2D eigenvalue weighted by Gasteiger charge is -2.35. The van der Waals surface area contributed by atoms with E-state index in [0.29, 0.717) is 16.5 Å². The second-order valence-corrected chi connectivity index (χ2v) is 14.2. The van der Waals surface area contributed by atoms with Gasteiger partial charge in [0, 0.05) is 35.1 Å². The van der Waals surface area contributed by atoms with Gasteiger partial charge in [-0.2, -0.15) is 0 Å². The van der Waals surface area contributed by atoms with Gasteiger partial charge in [-0.25, -0.2) is 0 Å². The average Bonchev–Trinajstić information content (AvgIpc) is 2.84. The van der Waals surface area contributed by atoms with Gasteiger partial charge in [-0.05, 0) is 35.3 Å². The summed E-state index contributed by atoms with van der Waals surface area (Å²) in [5.74, 6) is -3.09. The van der Waals surface area contributed by atoms with Crippen molar-refractivity contribution in [2.45, 2.75) is 59.7 Å². The molecular formula is C28H38N3O6P. The fourth-order valence-electron chi connectivity index (χ4n) is 4.92. The van der Waals surface area contributed by atoms with E-state index >= 15 is 0 Å². The molecule has 38 heavy (non-hydrogen) atoms. The number of carbonyl (C=O) groups excluding carboxylic acids is 4. The molecule has 2 aromatic carbocycles. The highest BCUT2D eigenvalue weighted by molar-refractivity contribution is 7.58. The number of hydrogen-bond donors (Lipinski definition) is 3. The van der Waals surface area contributed by atoms with Crippen LogP contribution in [-0.2, 0) is 14.2 Å². The zero-order valence-corrected chi connectivity index (χ0v) is 24.0. The molecular weight excluding hydrogens is 505 g/mol. The van der Waals surface area contributed by atoms with Gasteiger partial charge in [-0.3, -0.25) is 28.6 Å². The van der Waals surface area contributed by atoms with Crippen LogP contribution in [0.5, 0.6) is 0 Å². The average molecular weight is 544 g/mol. The Hall–Kier alpha value is -3.03. The van der Waals surface area contributed by atoms with E-state index < -0.39 is 54.4 Å². The van der Waals surface area contributed by atoms with Crippen LogP contribution in [0.3, 0.4) is 0 Å². The van der Waals surface area contributed by atoms with E-state index in [2.05, 4.69) is 10.6 Å². The molecule has 0 radical (unpaired) electrons. The van der Waals surface area contributed by atoms with Crippen molar-refractivity contribution >= 4 is 41.8 Å². The molecule has 0 aromatic heterocycles. The summed E-state index contributed by atoms with van der Waals surface area (Å²) in [4.78, 5) is 64.7. The minimum atomic E-state index is -4.27. The normalized spacial score (nSPS) is 17.7. The van der Waals surface area contributed by atoms with Crippen LogP contribution in [0.1, 0.15) is 68.7 Å². The molecule has 0 saturated carbocycles. The third-order valence-electron chi connectivity index (χ3n) is 7.14. The Balaban J connectivity index is 1.91. The molecule has 9 nitrogen and oxygen atoms in total. The molecule has 1 aliphatic rings. The largest absolute Gasteiger partial charge is 0.357 e.